The van der Waals surface area contributed by atoms with Crippen LogP contribution in [-0.2, 0) is 9.53 Å². The summed E-state index contributed by atoms with van der Waals surface area (Å²) >= 11 is 3.05. The van der Waals surface area contributed by atoms with Crippen molar-refractivity contribution < 1.29 is 13.9 Å². The zero-order valence-corrected chi connectivity index (χ0v) is 9.75. The van der Waals surface area contributed by atoms with E-state index in [4.69, 9.17) is 5.73 Å². The van der Waals surface area contributed by atoms with Crippen molar-refractivity contribution in [1.82, 2.24) is 0 Å². The van der Waals surface area contributed by atoms with Crippen molar-refractivity contribution in [3.63, 3.8) is 0 Å². The first-order valence-corrected chi connectivity index (χ1v) is 5.11. The number of carbonyl (C=O) groups is 1. The van der Waals surface area contributed by atoms with Gasteiger partial charge < -0.3 is 10.5 Å². The van der Waals surface area contributed by atoms with Crippen LogP contribution >= 0.6 is 15.9 Å². The molecule has 1 aromatic rings. The van der Waals surface area contributed by atoms with Gasteiger partial charge in [-0.2, -0.15) is 0 Å². The largest absolute Gasteiger partial charge is 0.469 e. The number of hydrogen-bond acceptors (Lipinski definition) is 3. The molecule has 0 radical (unpaired) electrons. The molecule has 0 spiro atoms. The Morgan fingerprint density at radius 3 is 2.87 bits per heavy atom. The predicted molar refractivity (Wildman–Crippen MR) is 57.7 cm³/mol. The molecule has 0 amide bonds. The van der Waals surface area contributed by atoms with Crippen LogP contribution in [0.5, 0.6) is 0 Å². The average Bonchev–Trinajstić information content (AvgIpc) is 2.21. The molecule has 0 aromatic heterocycles. The molecular weight excluding hydrogens is 265 g/mol. The van der Waals surface area contributed by atoms with Crippen LogP contribution < -0.4 is 5.73 Å². The minimum Gasteiger partial charge on any atom is -0.469 e. The van der Waals surface area contributed by atoms with Gasteiger partial charge >= 0.3 is 5.97 Å². The Balaban J connectivity index is 2.78. The highest BCUT2D eigenvalue weighted by molar-refractivity contribution is 9.10. The standard InChI is InChI=1S/C10H11BrFNO2/c1-15-10(14)5-9(13)6-2-3-8(12)7(11)4-6/h2-4,9H,5,13H2,1H3/t9-/m0/s1. The molecular formula is C10H11BrFNO2. The highest BCUT2D eigenvalue weighted by Gasteiger charge is 2.13. The van der Waals surface area contributed by atoms with E-state index in [0.29, 0.717) is 10.0 Å². The quantitative estimate of drug-likeness (QED) is 0.860. The van der Waals surface area contributed by atoms with Crippen molar-refractivity contribution in [1.29, 1.82) is 0 Å². The summed E-state index contributed by atoms with van der Waals surface area (Å²) in [6.45, 7) is 0. The normalized spacial score (nSPS) is 12.3. The van der Waals surface area contributed by atoms with Gasteiger partial charge in [-0.3, -0.25) is 4.79 Å². The second kappa shape index (κ2) is 5.23. The van der Waals surface area contributed by atoms with E-state index in [9.17, 15) is 9.18 Å². The minimum absolute atomic E-state index is 0.0779. The molecule has 3 nitrogen and oxygen atoms in total. The number of hydrogen-bond donors (Lipinski definition) is 1. The maximum absolute atomic E-state index is 12.9. The first-order chi connectivity index (χ1) is 7.04. The molecule has 0 saturated heterocycles. The van der Waals surface area contributed by atoms with E-state index in [-0.39, 0.29) is 18.2 Å². The SMILES string of the molecule is COC(=O)C[C@H](N)c1ccc(F)c(Br)c1. The van der Waals surface area contributed by atoms with Gasteiger partial charge in [0.1, 0.15) is 5.82 Å². The van der Waals surface area contributed by atoms with Gasteiger partial charge in [0.25, 0.3) is 0 Å². The lowest BCUT2D eigenvalue weighted by Crippen LogP contribution is -2.16. The number of rotatable bonds is 3. The molecule has 82 valence electrons. The summed E-state index contributed by atoms with van der Waals surface area (Å²) in [6.07, 6.45) is 0.0779. The molecule has 0 fully saturated rings. The minimum atomic E-state index is -0.477. The van der Waals surface area contributed by atoms with Gasteiger partial charge in [-0.25, -0.2) is 4.39 Å². The molecule has 0 bridgehead atoms. The number of halogens is 2. The molecule has 0 aliphatic heterocycles. The summed E-state index contributed by atoms with van der Waals surface area (Å²) in [4.78, 5) is 11.0. The average molecular weight is 276 g/mol. The number of benzene rings is 1. The molecule has 1 rings (SSSR count). The third kappa shape index (κ3) is 3.28. The predicted octanol–water partition coefficient (Wildman–Crippen LogP) is 2.15. The van der Waals surface area contributed by atoms with Crippen LogP contribution in [0.4, 0.5) is 4.39 Å². The topological polar surface area (TPSA) is 52.3 Å². The van der Waals surface area contributed by atoms with Crippen molar-refractivity contribution in [2.45, 2.75) is 12.5 Å². The third-order valence-electron chi connectivity index (χ3n) is 1.99. The Hall–Kier alpha value is -0.940. The van der Waals surface area contributed by atoms with Crippen molar-refractivity contribution in [2.75, 3.05) is 7.11 Å². The number of ether oxygens (including phenoxy) is 1. The Kier molecular flexibility index (Phi) is 4.23. The fraction of sp³-hybridized carbons (Fsp3) is 0.300. The van der Waals surface area contributed by atoms with E-state index in [2.05, 4.69) is 20.7 Å². The number of nitrogens with two attached hydrogens (primary N) is 1. The molecule has 5 heteroatoms. The molecule has 15 heavy (non-hydrogen) atoms. The fourth-order valence-corrected chi connectivity index (χ4v) is 1.52. The zero-order chi connectivity index (χ0) is 11.4. The molecule has 0 heterocycles. The molecule has 0 saturated carbocycles. The summed E-state index contributed by atoms with van der Waals surface area (Å²) < 4.78 is 17.7. The summed E-state index contributed by atoms with van der Waals surface area (Å²) in [6, 6.07) is 3.93. The second-order valence-electron chi connectivity index (χ2n) is 3.06. The highest BCUT2D eigenvalue weighted by atomic mass is 79.9. The van der Waals surface area contributed by atoms with Gasteiger partial charge in [0.05, 0.1) is 18.0 Å². The van der Waals surface area contributed by atoms with Crippen LogP contribution in [0.1, 0.15) is 18.0 Å². The third-order valence-corrected chi connectivity index (χ3v) is 2.59. The number of esters is 1. The Bertz CT molecular complexity index is 370. The molecule has 1 aromatic carbocycles. The van der Waals surface area contributed by atoms with E-state index < -0.39 is 6.04 Å². The zero-order valence-electron chi connectivity index (χ0n) is 8.17. The van der Waals surface area contributed by atoms with E-state index >= 15 is 0 Å². The van der Waals surface area contributed by atoms with Crippen LogP contribution in [0, 0.1) is 5.82 Å². The van der Waals surface area contributed by atoms with Gasteiger partial charge in [0, 0.05) is 6.04 Å². The second-order valence-corrected chi connectivity index (χ2v) is 3.91. The molecule has 0 unspecified atom stereocenters. The summed E-state index contributed by atoms with van der Waals surface area (Å²) in [5.74, 6) is -0.744. The van der Waals surface area contributed by atoms with Gasteiger partial charge in [-0.1, -0.05) is 6.07 Å². The van der Waals surface area contributed by atoms with Crippen LogP contribution in [0.15, 0.2) is 22.7 Å². The lowest BCUT2D eigenvalue weighted by Gasteiger charge is -2.10. The fourth-order valence-electron chi connectivity index (χ4n) is 1.12. The Morgan fingerprint density at radius 1 is 1.67 bits per heavy atom. The van der Waals surface area contributed by atoms with Gasteiger partial charge in [-0.15, -0.1) is 0 Å². The number of methoxy groups -OCH3 is 1. The smallest absolute Gasteiger partial charge is 0.307 e. The summed E-state index contributed by atoms with van der Waals surface area (Å²) in [5.41, 5.74) is 6.43. The monoisotopic (exact) mass is 275 g/mol. The molecule has 0 aliphatic carbocycles. The van der Waals surface area contributed by atoms with Crippen LogP contribution in [0.3, 0.4) is 0 Å². The van der Waals surface area contributed by atoms with Gasteiger partial charge in [0.15, 0.2) is 0 Å². The van der Waals surface area contributed by atoms with Crippen LogP contribution in [0.2, 0.25) is 0 Å². The maximum Gasteiger partial charge on any atom is 0.307 e. The van der Waals surface area contributed by atoms with E-state index in [1.165, 1.54) is 13.2 Å². The number of carbonyl (C=O) groups excluding carboxylic acids is 1. The van der Waals surface area contributed by atoms with Crippen molar-refractivity contribution in [2.24, 2.45) is 5.73 Å². The summed E-state index contributed by atoms with van der Waals surface area (Å²) in [7, 11) is 1.30. The summed E-state index contributed by atoms with van der Waals surface area (Å²) in [5, 5.41) is 0. The van der Waals surface area contributed by atoms with E-state index in [0.717, 1.165) is 0 Å². The lowest BCUT2D eigenvalue weighted by atomic mass is 10.1. The molecule has 0 aliphatic rings. The van der Waals surface area contributed by atoms with Gasteiger partial charge in [0.2, 0.25) is 0 Å². The van der Waals surface area contributed by atoms with E-state index in [1.807, 2.05) is 0 Å². The van der Waals surface area contributed by atoms with Gasteiger partial charge in [-0.05, 0) is 33.6 Å². The highest BCUT2D eigenvalue weighted by Crippen LogP contribution is 2.21. The van der Waals surface area contributed by atoms with Crippen LogP contribution in [-0.4, -0.2) is 13.1 Å². The maximum atomic E-state index is 12.9. The first kappa shape index (κ1) is 12.1. The van der Waals surface area contributed by atoms with Crippen molar-refractivity contribution in [3.05, 3.63) is 34.1 Å². The van der Waals surface area contributed by atoms with Crippen LogP contribution in [0.25, 0.3) is 0 Å². The lowest BCUT2D eigenvalue weighted by molar-refractivity contribution is -0.141. The Labute approximate surface area is 95.5 Å². The Morgan fingerprint density at radius 2 is 2.33 bits per heavy atom. The van der Waals surface area contributed by atoms with Crippen molar-refractivity contribution in [3.8, 4) is 0 Å². The molecule has 2 N–H and O–H groups in total. The molecule has 1 atom stereocenters. The first-order valence-electron chi connectivity index (χ1n) is 4.32. The van der Waals surface area contributed by atoms with Crippen molar-refractivity contribution >= 4 is 21.9 Å². The van der Waals surface area contributed by atoms with E-state index in [1.54, 1.807) is 12.1 Å².